The van der Waals surface area contributed by atoms with E-state index in [0.29, 0.717) is 11.6 Å². The van der Waals surface area contributed by atoms with Crippen molar-refractivity contribution in [2.45, 2.75) is 26.2 Å². The van der Waals surface area contributed by atoms with E-state index in [9.17, 15) is 9.59 Å². The first-order valence-corrected chi connectivity index (χ1v) is 6.71. The van der Waals surface area contributed by atoms with E-state index in [-0.39, 0.29) is 18.9 Å². The van der Waals surface area contributed by atoms with Gasteiger partial charge in [-0.15, -0.1) is 0 Å². The molecule has 0 saturated carbocycles. The molecule has 0 unspecified atom stereocenters. The zero-order chi connectivity index (χ0) is 14.3. The molecule has 0 heterocycles. The smallest absolute Gasteiger partial charge is 0.237 e. The Morgan fingerprint density at radius 1 is 1.26 bits per heavy atom. The lowest BCUT2D eigenvalue weighted by molar-refractivity contribution is -0.134. The summed E-state index contributed by atoms with van der Waals surface area (Å²) in [6, 6.07) is 7.11. The van der Waals surface area contributed by atoms with Gasteiger partial charge in [0.1, 0.15) is 0 Å². The Kier molecular flexibility index (Phi) is 6.36. The summed E-state index contributed by atoms with van der Waals surface area (Å²) in [6.07, 6.45) is 2.08. The van der Waals surface area contributed by atoms with Crippen LogP contribution in [0.4, 0.5) is 0 Å². The minimum absolute atomic E-state index is 0.0214. The van der Waals surface area contributed by atoms with Crippen LogP contribution in [0.1, 0.15) is 25.3 Å². The summed E-state index contributed by atoms with van der Waals surface area (Å²) in [5.74, 6) is -0.574. The second-order valence-electron chi connectivity index (χ2n) is 4.44. The highest BCUT2D eigenvalue weighted by Crippen LogP contribution is 2.11. The number of hydrogen-bond acceptors (Lipinski definition) is 2. The summed E-state index contributed by atoms with van der Waals surface area (Å²) >= 11 is 5.79. The predicted molar refractivity (Wildman–Crippen MR) is 75.8 cm³/mol. The summed E-state index contributed by atoms with van der Waals surface area (Å²) < 4.78 is 0. The van der Waals surface area contributed by atoms with Gasteiger partial charge in [-0.05, 0) is 24.1 Å². The molecule has 5 heteroatoms. The Morgan fingerprint density at radius 3 is 2.42 bits per heavy atom. The third-order valence-corrected chi connectivity index (χ3v) is 3.00. The highest BCUT2D eigenvalue weighted by molar-refractivity contribution is 6.30. The van der Waals surface area contributed by atoms with Gasteiger partial charge in [0.25, 0.3) is 0 Å². The molecule has 0 bridgehead atoms. The first kappa shape index (κ1) is 15.5. The summed E-state index contributed by atoms with van der Waals surface area (Å²) in [4.78, 5) is 24.6. The number of primary amides is 1. The van der Waals surface area contributed by atoms with E-state index in [1.165, 1.54) is 4.90 Å². The Labute approximate surface area is 118 Å². The molecule has 1 rings (SSSR count). The van der Waals surface area contributed by atoms with E-state index in [0.717, 1.165) is 18.4 Å². The van der Waals surface area contributed by atoms with Crippen LogP contribution in [-0.4, -0.2) is 29.8 Å². The van der Waals surface area contributed by atoms with Crippen LogP contribution in [0.5, 0.6) is 0 Å². The second kappa shape index (κ2) is 7.79. The number of benzene rings is 1. The van der Waals surface area contributed by atoms with Crippen molar-refractivity contribution in [3.63, 3.8) is 0 Å². The quantitative estimate of drug-likeness (QED) is 0.831. The van der Waals surface area contributed by atoms with E-state index < -0.39 is 5.91 Å². The number of carbonyl (C=O) groups excluding carboxylic acids is 2. The zero-order valence-corrected chi connectivity index (χ0v) is 11.8. The maximum Gasteiger partial charge on any atom is 0.237 e. The summed E-state index contributed by atoms with van der Waals surface area (Å²) in [7, 11) is 0. The third kappa shape index (κ3) is 5.75. The molecular formula is C14H19ClN2O2. The van der Waals surface area contributed by atoms with Gasteiger partial charge in [-0.25, -0.2) is 0 Å². The van der Waals surface area contributed by atoms with Gasteiger partial charge in [0.05, 0.1) is 13.0 Å². The van der Waals surface area contributed by atoms with Gasteiger partial charge in [0.15, 0.2) is 0 Å². The van der Waals surface area contributed by atoms with Gasteiger partial charge in [-0.3, -0.25) is 9.59 Å². The molecule has 2 amide bonds. The van der Waals surface area contributed by atoms with E-state index in [1.807, 2.05) is 19.1 Å². The molecule has 19 heavy (non-hydrogen) atoms. The number of hydrogen-bond donors (Lipinski definition) is 1. The summed E-state index contributed by atoms with van der Waals surface area (Å²) in [6.45, 7) is 2.57. The maximum absolute atomic E-state index is 12.1. The van der Waals surface area contributed by atoms with Crippen LogP contribution in [0.25, 0.3) is 0 Å². The van der Waals surface area contributed by atoms with Crippen molar-refractivity contribution in [3.05, 3.63) is 34.9 Å². The van der Waals surface area contributed by atoms with E-state index in [2.05, 4.69) is 0 Å². The first-order valence-electron chi connectivity index (χ1n) is 6.33. The van der Waals surface area contributed by atoms with Crippen molar-refractivity contribution in [2.24, 2.45) is 5.73 Å². The first-order chi connectivity index (χ1) is 9.02. The number of rotatable bonds is 7. The summed E-state index contributed by atoms with van der Waals surface area (Å²) in [5.41, 5.74) is 6.04. The van der Waals surface area contributed by atoms with E-state index >= 15 is 0 Å². The fraction of sp³-hybridized carbons (Fsp3) is 0.429. The molecule has 2 N–H and O–H groups in total. The van der Waals surface area contributed by atoms with Crippen molar-refractivity contribution >= 4 is 23.4 Å². The Balaban J connectivity index is 2.64. The van der Waals surface area contributed by atoms with Gasteiger partial charge >= 0.3 is 0 Å². The molecule has 0 atom stereocenters. The third-order valence-electron chi connectivity index (χ3n) is 2.75. The van der Waals surface area contributed by atoms with Gasteiger partial charge in [0, 0.05) is 11.6 Å². The number of halogens is 1. The monoisotopic (exact) mass is 282 g/mol. The molecule has 0 fully saturated rings. The number of amides is 2. The van der Waals surface area contributed by atoms with Crippen molar-refractivity contribution < 1.29 is 9.59 Å². The number of carbonyl (C=O) groups is 2. The van der Waals surface area contributed by atoms with Crippen LogP contribution in [0, 0.1) is 0 Å². The molecule has 0 aliphatic heterocycles. The van der Waals surface area contributed by atoms with Crippen LogP contribution in [-0.2, 0) is 16.0 Å². The van der Waals surface area contributed by atoms with Gasteiger partial charge in [0.2, 0.25) is 11.8 Å². The van der Waals surface area contributed by atoms with Crippen molar-refractivity contribution in [2.75, 3.05) is 13.1 Å². The lowest BCUT2D eigenvalue weighted by Gasteiger charge is -2.21. The van der Waals surface area contributed by atoms with E-state index in [1.54, 1.807) is 12.1 Å². The maximum atomic E-state index is 12.1. The van der Waals surface area contributed by atoms with Crippen LogP contribution >= 0.6 is 11.6 Å². The zero-order valence-electron chi connectivity index (χ0n) is 11.1. The molecule has 0 aromatic heterocycles. The average Bonchev–Trinajstić information content (AvgIpc) is 2.36. The van der Waals surface area contributed by atoms with Crippen LogP contribution < -0.4 is 5.73 Å². The molecule has 1 aromatic carbocycles. The second-order valence-corrected chi connectivity index (χ2v) is 4.87. The number of unbranched alkanes of at least 4 members (excludes halogenated alkanes) is 1. The highest BCUT2D eigenvalue weighted by atomic mass is 35.5. The molecule has 1 aromatic rings. The molecule has 0 aliphatic carbocycles. The average molecular weight is 283 g/mol. The minimum atomic E-state index is -0.486. The minimum Gasteiger partial charge on any atom is -0.368 e. The highest BCUT2D eigenvalue weighted by Gasteiger charge is 2.15. The SMILES string of the molecule is CCCCN(CC(N)=O)C(=O)Cc1ccc(Cl)cc1. The fourth-order valence-electron chi connectivity index (χ4n) is 1.72. The number of nitrogens with two attached hydrogens (primary N) is 1. The topological polar surface area (TPSA) is 63.4 Å². The largest absolute Gasteiger partial charge is 0.368 e. The van der Waals surface area contributed by atoms with Crippen LogP contribution in [0.15, 0.2) is 24.3 Å². The molecule has 0 saturated heterocycles. The van der Waals surface area contributed by atoms with Crippen molar-refractivity contribution in [1.82, 2.24) is 4.90 Å². The normalized spacial score (nSPS) is 10.2. The fourth-order valence-corrected chi connectivity index (χ4v) is 1.84. The van der Waals surface area contributed by atoms with Gasteiger partial charge in [-0.1, -0.05) is 37.1 Å². The van der Waals surface area contributed by atoms with Crippen LogP contribution in [0.2, 0.25) is 5.02 Å². The van der Waals surface area contributed by atoms with Crippen LogP contribution in [0.3, 0.4) is 0 Å². The van der Waals surface area contributed by atoms with Gasteiger partial charge in [-0.2, -0.15) is 0 Å². The molecule has 0 spiro atoms. The number of nitrogens with zero attached hydrogens (tertiary/aromatic N) is 1. The Bertz CT molecular complexity index is 432. The molecule has 0 aliphatic rings. The van der Waals surface area contributed by atoms with Crippen molar-refractivity contribution in [3.8, 4) is 0 Å². The summed E-state index contributed by atoms with van der Waals surface area (Å²) in [5, 5.41) is 0.635. The molecule has 0 radical (unpaired) electrons. The predicted octanol–water partition coefficient (Wildman–Crippen LogP) is 2.00. The Hall–Kier alpha value is -1.55. The molecule has 4 nitrogen and oxygen atoms in total. The lowest BCUT2D eigenvalue weighted by Crippen LogP contribution is -2.39. The lowest BCUT2D eigenvalue weighted by atomic mass is 10.1. The molecular weight excluding hydrogens is 264 g/mol. The van der Waals surface area contributed by atoms with E-state index in [4.69, 9.17) is 17.3 Å². The molecule has 104 valence electrons. The Morgan fingerprint density at radius 2 is 1.89 bits per heavy atom. The van der Waals surface area contributed by atoms with Gasteiger partial charge < -0.3 is 10.6 Å². The standard InChI is InChI=1S/C14H19ClN2O2/c1-2-3-8-17(10-13(16)18)14(19)9-11-4-6-12(15)7-5-11/h4-7H,2-3,8-10H2,1H3,(H2,16,18). The van der Waals surface area contributed by atoms with Crippen molar-refractivity contribution in [1.29, 1.82) is 0 Å².